The van der Waals surface area contributed by atoms with Gasteiger partial charge in [0.2, 0.25) is 5.91 Å². The molecule has 4 nitrogen and oxygen atoms in total. The molecule has 2 N–H and O–H groups in total. The predicted molar refractivity (Wildman–Crippen MR) is 103 cm³/mol. The largest absolute Gasteiger partial charge is 0.356 e. The van der Waals surface area contributed by atoms with Crippen molar-refractivity contribution in [3.63, 3.8) is 0 Å². The number of thiophene rings is 1. The molecule has 0 aliphatic carbocycles. The highest BCUT2D eigenvalue weighted by atomic mass is 35.5. The zero-order chi connectivity index (χ0) is 16.1. The van der Waals surface area contributed by atoms with Gasteiger partial charge in [-0.1, -0.05) is 6.07 Å². The SMILES string of the molecule is C[C@H]1C[C@@H](C(=O)NCC2CCCN(Cc3cccs3)C2)CCN1.Cl. The Hall–Kier alpha value is -0.620. The summed E-state index contributed by atoms with van der Waals surface area (Å²) in [4.78, 5) is 16.4. The van der Waals surface area contributed by atoms with Gasteiger partial charge in [0.05, 0.1) is 0 Å². The van der Waals surface area contributed by atoms with E-state index in [1.807, 2.05) is 11.3 Å². The minimum atomic E-state index is 0. The number of halogens is 1. The van der Waals surface area contributed by atoms with Gasteiger partial charge in [-0.15, -0.1) is 23.7 Å². The maximum Gasteiger partial charge on any atom is 0.223 e. The predicted octanol–water partition coefficient (Wildman–Crippen LogP) is 2.89. The van der Waals surface area contributed by atoms with Crippen molar-refractivity contribution < 1.29 is 4.79 Å². The van der Waals surface area contributed by atoms with Gasteiger partial charge in [-0.2, -0.15) is 0 Å². The summed E-state index contributed by atoms with van der Waals surface area (Å²) in [7, 11) is 0. The second-order valence-electron chi connectivity index (χ2n) is 7.14. The van der Waals surface area contributed by atoms with Crippen LogP contribution in [-0.4, -0.2) is 43.0 Å². The Morgan fingerprint density at radius 2 is 2.33 bits per heavy atom. The molecule has 1 amide bonds. The molecule has 0 bridgehead atoms. The third-order valence-corrected chi connectivity index (χ3v) is 5.98. The molecule has 24 heavy (non-hydrogen) atoms. The van der Waals surface area contributed by atoms with Crippen molar-refractivity contribution in [2.45, 2.75) is 45.2 Å². The van der Waals surface area contributed by atoms with Crippen LogP contribution in [0.3, 0.4) is 0 Å². The molecule has 0 saturated carbocycles. The maximum absolute atomic E-state index is 12.4. The van der Waals surface area contributed by atoms with Gasteiger partial charge in [0, 0.05) is 36.5 Å². The van der Waals surface area contributed by atoms with Crippen molar-refractivity contribution in [3.05, 3.63) is 22.4 Å². The van der Waals surface area contributed by atoms with Gasteiger partial charge < -0.3 is 10.6 Å². The summed E-state index contributed by atoms with van der Waals surface area (Å²) in [6, 6.07) is 4.81. The van der Waals surface area contributed by atoms with Crippen molar-refractivity contribution in [1.29, 1.82) is 0 Å². The van der Waals surface area contributed by atoms with E-state index >= 15 is 0 Å². The number of rotatable bonds is 5. The molecule has 1 aromatic heterocycles. The zero-order valence-electron chi connectivity index (χ0n) is 14.5. The smallest absolute Gasteiger partial charge is 0.223 e. The summed E-state index contributed by atoms with van der Waals surface area (Å²) in [5.41, 5.74) is 0. The monoisotopic (exact) mass is 371 g/mol. The van der Waals surface area contributed by atoms with Crippen LogP contribution < -0.4 is 10.6 Å². The van der Waals surface area contributed by atoms with E-state index in [1.54, 1.807) is 0 Å². The molecular formula is C18H30ClN3OS. The maximum atomic E-state index is 12.4. The number of piperidine rings is 2. The number of carbonyl (C=O) groups is 1. The first-order valence-electron chi connectivity index (χ1n) is 8.96. The topological polar surface area (TPSA) is 44.4 Å². The van der Waals surface area contributed by atoms with Crippen molar-refractivity contribution in [3.8, 4) is 0 Å². The fraction of sp³-hybridized carbons (Fsp3) is 0.722. The van der Waals surface area contributed by atoms with Gasteiger partial charge >= 0.3 is 0 Å². The first kappa shape index (κ1) is 19.7. The second-order valence-corrected chi connectivity index (χ2v) is 8.18. The van der Waals surface area contributed by atoms with Crippen LogP contribution in [0.25, 0.3) is 0 Å². The Bertz CT molecular complexity index is 496. The van der Waals surface area contributed by atoms with Gasteiger partial charge in [0.25, 0.3) is 0 Å². The number of likely N-dealkylation sites (tertiary alicyclic amines) is 1. The molecule has 0 aromatic carbocycles. The van der Waals surface area contributed by atoms with Crippen molar-refractivity contribution in [1.82, 2.24) is 15.5 Å². The summed E-state index contributed by atoms with van der Waals surface area (Å²) in [5, 5.41) is 8.79. The van der Waals surface area contributed by atoms with Crippen LogP contribution in [-0.2, 0) is 11.3 Å². The highest BCUT2D eigenvalue weighted by Gasteiger charge is 2.26. The third kappa shape index (κ3) is 5.73. The van der Waals surface area contributed by atoms with Crippen molar-refractivity contribution in [2.75, 3.05) is 26.2 Å². The lowest BCUT2D eigenvalue weighted by molar-refractivity contribution is -0.126. The normalized spacial score (nSPS) is 28.1. The van der Waals surface area contributed by atoms with Crippen molar-refractivity contribution in [2.24, 2.45) is 11.8 Å². The fourth-order valence-corrected chi connectivity index (χ4v) is 4.59. The molecule has 1 aromatic rings. The lowest BCUT2D eigenvalue weighted by Crippen LogP contribution is -2.45. The molecule has 6 heteroatoms. The molecule has 3 heterocycles. The Morgan fingerprint density at radius 3 is 3.08 bits per heavy atom. The Balaban J connectivity index is 0.00000208. The average Bonchev–Trinajstić information content (AvgIpc) is 3.06. The second kappa shape index (κ2) is 9.76. The van der Waals surface area contributed by atoms with E-state index in [1.165, 1.54) is 24.3 Å². The van der Waals surface area contributed by atoms with Gasteiger partial charge in [-0.25, -0.2) is 0 Å². The molecule has 0 radical (unpaired) electrons. The molecular weight excluding hydrogens is 342 g/mol. The first-order valence-corrected chi connectivity index (χ1v) is 9.84. The van der Waals surface area contributed by atoms with Gasteiger partial charge in [0.1, 0.15) is 0 Å². The number of hydrogen-bond donors (Lipinski definition) is 2. The van der Waals surface area contributed by atoms with Gasteiger partial charge in [-0.05, 0) is 63.1 Å². The molecule has 2 saturated heterocycles. The van der Waals surface area contributed by atoms with Crippen LogP contribution in [0.2, 0.25) is 0 Å². The van der Waals surface area contributed by atoms with E-state index < -0.39 is 0 Å². The van der Waals surface area contributed by atoms with Gasteiger partial charge in [-0.3, -0.25) is 9.69 Å². The summed E-state index contributed by atoms with van der Waals surface area (Å²) in [6.45, 7) is 7.35. The third-order valence-electron chi connectivity index (χ3n) is 5.12. The quantitative estimate of drug-likeness (QED) is 0.836. The Kier molecular flexibility index (Phi) is 8.01. The number of nitrogens with one attached hydrogen (secondary N) is 2. The van der Waals surface area contributed by atoms with E-state index in [2.05, 4.69) is 40.0 Å². The number of amides is 1. The highest BCUT2D eigenvalue weighted by molar-refractivity contribution is 7.09. The molecule has 2 aliphatic rings. The van der Waals surface area contributed by atoms with E-state index in [9.17, 15) is 4.79 Å². The molecule has 3 atom stereocenters. The average molecular weight is 372 g/mol. The number of nitrogens with zero attached hydrogens (tertiary/aromatic N) is 1. The van der Waals surface area contributed by atoms with Crippen LogP contribution in [0.4, 0.5) is 0 Å². The molecule has 136 valence electrons. The standard InChI is InChI=1S/C18H29N3OS.ClH/c1-14-10-16(6-7-19-14)18(22)20-11-15-4-2-8-21(12-15)13-17-5-3-9-23-17;/h3,5,9,14-16,19H,2,4,6-8,10-13H2,1H3,(H,20,22);1H/t14-,15?,16-;/m0./s1. The van der Waals surface area contributed by atoms with Crippen LogP contribution in [0.5, 0.6) is 0 Å². The van der Waals surface area contributed by atoms with E-state index in [0.717, 1.165) is 39.0 Å². The summed E-state index contributed by atoms with van der Waals surface area (Å²) < 4.78 is 0. The summed E-state index contributed by atoms with van der Waals surface area (Å²) in [5.74, 6) is 1.08. The zero-order valence-corrected chi connectivity index (χ0v) is 16.1. The fourth-order valence-electron chi connectivity index (χ4n) is 3.84. The van der Waals surface area contributed by atoms with E-state index in [4.69, 9.17) is 0 Å². The minimum absolute atomic E-state index is 0. The number of hydrogen-bond acceptors (Lipinski definition) is 4. The van der Waals surface area contributed by atoms with Crippen LogP contribution in [0.1, 0.15) is 37.5 Å². The molecule has 3 rings (SSSR count). The molecule has 2 aliphatic heterocycles. The van der Waals surface area contributed by atoms with Gasteiger partial charge in [0.15, 0.2) is 0 Å². The lowest BCUT2D eigenvalue weighted by atomic mass is 9.92. The summed E-state index contributed by atoms with van der Waals surface area (Å²) in [6.07, 6.45) is 4.44. The Morgan fingerprint density at radius 1 is 1.46 bits per heavy atom. The van der Waals surface area contributed by atoms with Crippen LogP contribution >= 0.6 is 23.7 Å². The van der Waals surface area contributed by atoms with Crippen molar-refractivity contribution >= 4 is 29.7 Å². The first-order chi connectivity index (χ1) is 11.2. The highest BCUT2D eigenvalue weighted by Crippen LogP contribution is 2.21. The van der Waals surface area contributed by atoms with Crippen LogP contribution in [0, 0.1) is 11.8 Å². The molecule has 1 unspecified atom stereocenters. The van der Waals surface area contributed by atoms with E-state index in [-0.39, 0.29) is 24.2 Å². The minimum Gasteiger partial charge on any atom is -0.356 e. The van der Waals surface area contributed by atoms with Crippen LogP contribution in [0.15, 0.2) is 17.5 Å². The number of carbonyl (C=O) groups excluding carboxylic acids is 1. The van der Waals surface area contributed by atoms with E-state index in [0.29, 0.717) is 12.0 Å². The lowest BCUT2D eigenvalue weighted by Gasteiger charge is -2.33. The molecule has 0 spiro atoms. The Labute approximate surface area is 155 Å². The molecule has 2 fully saturated rings. The summed E-state index contributed by atoms with van der Waals surface area (Å²) >= 11 is 1.84.